The van der Waals surface area contributed by atoms with Crippen molar-refractivity contribution in [3.63, 3.8) is 0 Å². The molecule has 3 N–H and O–H groups in total. The van der Waals surface area contributed by atoms with E-state index in [9.17, 15) is 4.79 Å². The summed E-state index contributed by atoms with van der Waals surface area (Å²) in [7, 11) is 0. The van der Waals surface area contributed by atoms with Crippen molar-refractivity contribution in [2.75, 3.05) is 19.6 Å². The van der Waals surface area contributed by atoms with E-state index in [2.05, 4.69) is 17.1 Å². The lowest BCUT2D eigenvalue weighted by atomic mass is 9.85. The molecule has 0 aliphatic heterocycles. The number of hydrogen-bond acceptors (Lipinski definition) is 3. The Morgan fingerprint density at radius 1 is 1.42 bits per heavy atom. The number of hydrogen-bond donors (Lipinski definition) is 2. The van der Waals surface area contributed by atoms with E-state index in [1.165, 1.54) is 12.8 Å². The molecule has 108 valence electrons. The van der Waals surface area contributed by atoms with Crippen LogP contribution in [0, 0.1) is 5.41 Å². The van der Waals surface area contributed by atoms with E-state index in [1.807, 2.05) is 0 Å². The fourth-order valence-corrected chi connectivity index (χ4v) is 3.38. The number of carbonyl (C=O) groups is 1. The van der Waals surface area contributed by atoms with Crippen LogP contribution in [0.4, 0.5) is 0 Å². The third kappa shape index (κ3) is 3.26. The second kappa shape index (κ2) is 6.18. The number of nitrogens with zero attached hydrogens (tertiary/aromatic N) is 1. The van der Waals surface area contributed by atoms with Gasteiger partial charge in [-0.1, -0.05) is 32.0 Å². The molecule has 0 aromatic rings. The third-order valence-electron chi connectivity index (χ3n) is 4.52. The predicted molar refractivity (Wildman–Crippen MR) is 81.0 cm³/mol. The van der Waals surface area contributed by atoms with Gasteiger partial charge in [-0.3, -0.25) is 9.69 Å². The normalized spacial score (nSPS) is 21.6. The molecule has 2 aliphatic rings. The van der Waals surface area contributed by atoms with Crippen molar-refractivity contribution in [1.82, 2.24) is 10.2 Å². The van der Waals surface area contributed by atoms with Crippen molar-refractivity contribution < 1.29 is 4.79 Å². The van der Waals surface area contributed by atoms with Gasteiger partial charge in [0.25, 0.3) is 0 Å². The van der Waals surface area contributed by atoms with Gasteiger partial charge in [-0.05, 0) is 32.2 Å². The second-order valence-electron chi connectivity index (χ2n) is 5.77. The summed E-state index contributed by atoms with van der Waals surface area (Å²) in [5.74, 6) is 0.0457. The topological polar surface area (TPSA) is 58.4 Å². The maximum Gasteiger partial charge on any atom is 0.233 e. The van der Waals surface area contributed by atoms with Crippen LogP contribution in [0.15, 0.2) is 0 Å². The Bertz CT molecular complexity index is 349. The molecule has 0 radical (unpaired) electrons. The van der Waals surface area contributed by atoms with Gasteiger partial charge in [-0.15, -0.1) is 0 Å². The number of nitrogens with one attached hydrogen (secondary N) is 1. The minimum atomic E-state index is -0.564. The van der Waals surface area contributed by atoms with Gasteiger partial charge < -0.3 is 11.1 Å². The molecule has 1 amide bonds. The van der Waals surface area contributed by atoms with Crippen molar-refractivity contribution in [2.24, 2.45) is 11.1 Å². The average Bonchev–Trinajstić information content (AvgIpc) is 3.09. The van der Waals surface area contributed by atoms with Crippen molar-refractivity contribution >= 4 is 23.1 Å². The number of rotatable bonds is 7. The Kier molecular flexibility index (Phi) is 4.79. The Morgan fingerprint density at radius 3 is 2.53 bits per heavy atom. The van der Waals surface area contributed by atoms with Crippen LogP contribution >= 0.6 is 12.2 Å². The van der Waals surface area contributed by atoms with Crippen molar-refractivity contribution in [3.8, 4) is 0 Å². The number of thiocarbonyl (C=S) groups is 1. The molecular formula is C14H25N3OS. The summed E-state index contributed by atoms with van der Waals surface area (Å²) in [5, 5.41) is 3.05. The minimum Gasteiger partial charge on any atom is -0.392 e. The zero-order chi connectivity index (χ0) is 13.9. The summed E-state index contributed by atoms with van der Waals surface area (Å²) < 4.78 is 0. The lowest BCUT2D eigenvalue weighted by Gasteiger charge is -2.27. The Morgan fingerprint density at radius 2 is 2.05 bits per heavy atom. The van der Waals surface area contributed by atoms with Crippen LogP contribution in [0.1, 0.15) is 45.4 Å². The maximum atomic E-state index is 12.4. The SMILES string of the molecule is CCN(CCNC(=O)C1(C(N)=S)CCCC1)C1CC1. The van der Waals surface area contributed by atoms with Crippen molar-refractivity contribution in [1.29, 1.82) is 0 Å². The Hall–Kier alpha value is -0.680. The molecule has 0 bridgehead atoms. The standard InChI is InChI=1S/C14H25N3OS/c1-2-17(11-5-6-11)10-9-16-13(18)14(12(15)19)7-3-4-8-14/h11H,2-10H2,1H3,(H2,15,19)(H,16,18). The van der Waals surface area contributed by atoms with Crippen LogP contribution in [-0.4, -0.2) is 41.5 Å². The van der Waals surface area contributed by atoms with Crippen molar-refractivity contribution in [3.05, 3.63) is 0 Å². The smallest absolute Gasteiger partial charge is 0.233 e. The highest BCUT2D eigenvalue weighted by molar-refractivity contribution is 7.80. The first-order valence-corrected chi connectivity index (χ1v) is 7.83. The monoisotopic (exact) mass is 283 g/mol. The van der Waals surface area contributed by atoms with Gasteiger partial charge in [0.1, 0.15) is 0 Å². The first-order valence-electron chi connectivity index (χ1n) is 7.42. The number of amides is 1. The van der Waals surface area contributed by atoms with Crippen LogP contribution in [0.2, 0.25) is 0 Å². The van der Waals surface area contributed by atoms with Crippen LogP contribution in [0.3, 0.4) is 0 Å². The molecule has 4 nitrogen and oxygen atoms in total. The molecule has 0 aromatic carbocycles. The van der Waals surface area contributed by atoms with E-state index in [0.29, 0.717) is 11.5 Å². The van der Waals surface area contributed by atoms with Crippen LogP contribution in [-0.2, 0) is 4.79 Å². The summed E-state index contributed by atoms with van der Waals surface area (Å²) in [6.45, 7) is 4.86. The van der Waals surface area contributed by atoms with Gasteiger partial charge in [0.15, 0.2) is 0 Å². The maximum absolute atomic E-state index is 12.4. The van der Waals surface area contributed by atoms with Gasteiger partial charge in [-0.2, -0.15) is 0 Å². The van der Waals surface area contributed by atoms with E-state index in [0.717, 1.165) is 44.8 Å². The first kappa shape index (κ1) is 14.7. The van der Waals surface area contributed by atoms with Crippen LogP contribution in [0.5, 0.6) is 0 Å². The van der Waals surface area contributed by atoms with Gasteiger partial charge >= 0.3 is 0 Å². The lowest BCUT2D eigenvalue weighted by molar-refractivity contribution is -0.127. The summed E-state index contributed by atoms with van der Waals surface area (Å²) in [5.41, 5.74) is 5.25. The van der Waals surface area contributed by atoms with Crippen molar-refractivity contribution in [2.45, 2.75) is 51.5 Å². The summed E-state index contributed by atoms with van der Waals surface area (Å²) in [4.78, 5) is 15.2. The highest BCUT2D eigenvalue weighted by atomic mass is 32.1. The predicted octanol–water partition coefficient (Wildman–Crippen LogP) is 1.43. The highest BCUT2D eigenvalue weighted by Crippen LogP contribution is 2.38. The first-order chi connectivity index (χ1) is 9.10. The highest BCUT2D eigenvalue weighted by Gasteiger charge is 2.43. The minimum absolute atomic E-state index is 0.0457. The van der Waals surface area contributed by atoms with Gasteiger partial charge in [0.05, 0.1) is 10.4 Å². The molecule has 0 atom stereocenters. The molecule has 0 heterocycles. The quantitative estimate of drug-likeness (QED) is 0.694. The molecule has 5 heteroatoms. The molecule has 0 spiro atoms. The second-order valence-corrected chi connectivity index (χ2v) is 6.21. The van der Waals surface area contributed by atoms with Crippen LogP contribution in [0.25, 0.3) is 0 Å². The third-order valence-corrected chi connectivity index (χ3v) is 4.91. The van der Waals surface area contributed by atoms with Gasteiger partial charge in [-0.25, -0.2) is 0 Å². The van der Waals surface area contributed by atoms with E-state index in [4.69, 9.17) is 18.0 Å². The molecule has 2 rings (SSSR count). The fourth-order valence-electron chi connectivity index (χ4n) is 3.08. The molecule has 0 unspecified atom stereocenters. The molecular weight excluding hydrogens is 258 g/mol. The van der Waals surface area contributed by atoms with Gasteiger partial charge in [0.2, 0.25) is 5.91 Å². The zero-order valence-electron chi connectivity index (χ0n) is 11.8. The summed E-state index contributed by atoms with van der Waals surface area (Å²) in [6, 6.07) is 0.748. The van der Waals surface area contributed by atoms with Gasteiger partial charge in [0, 0.05) is 19.1 Å². The molecule has 19 heavy (non-hydrogen) atoms. The molecule has 2 saturated carbocycles. The largest absolute Gasteiger partial charge is 0.392 e. The van der Waals surface area contributed by atoms with E-state index in [1.54, 1.807) is 0 Å². The lowest BCUT2D eigenvalue weighted by Crippen LogP contribution is -2.48. The summed E-state index contributed by atoms with van der Waals surface area (Å²) in [6.07, 6.45) is 6.33. The van der Waals surface area contributed by atoms with E-state index in [-0.39, 0.29) is 5.91 Å². The van der Waals surface area contributed by atoms with E-state index < -0.39 is 5.41 Å². The Balaban J connectivity index is 1.81. The molecule has 2 fully saturated rings. The Labute approximate surface area is 121 Å². The molecule has 0 aromatic heterocycles. The number of likely N-dealkylation sites (N-methyl/N-ethyl adjacent to an activating group) is 1. The number of nitrogens with two attached hydrogens (primary N) is 1. The van der Waals surface area contributed by atoms with Crippen LogP contribution < -0.4 is 11.1 Å². The molecule has 2 aliphatic carbocycles. The van der Waals surface area contributed by atoms with E-state index >= 15 is 0 Å². The molecule has 0 saturated heterocycles. The average molecular weight is 283 g/mol. The zero-order valence-corrected chi connectivity index (χ0v) is 12.6. The number of carbonyl (C=O) groups excluding carboxylic acids is 1. The summed E-state index contributed by atoms with van der Waals surface area (Å²) >= 11 is 5.13. The fraction of sp³-hybridized carbons (Fsp3) is 0.857.